The van der Waals surface area contributed by atoms with Gasteiger partial charge in [0.05, 0.1) is 17.3 Å². The third-order valence-corrected chi connectivity index (χ3v) is 3.48. The molecule has 0 unspecified atom stereocenters. The largest absolute Gasteiger partial charge is 0.380 e. The molecule has 1 fully saturated rings. The monoisotopic (exact) mass is 268 g/mol. The molecule has 4 heteroatoms. The quantitative estimate of drug-likeness (QED) is 0.909. The molecule has 0 bridgehead atoms. The van der Waals surface area contributed by atoms with Crippen molar-refractivity contribution < 1.29 is 4.74 Å². The maximum absolute atomic E-state index is 6.38. The summed E-state index contributed by atoms with van der Waals surface area (Å²) < 4.78 is 5.51. The topological polar surface area (TPSA) is 24.5 Å². The molecule has 0 atom stereocenters. The molecule has 18 heavy (non-hydrogen) atoms. The fourth-order valence-corrected chi connectivity index (χ4v) is 2.60. The van der Waals surface area contributed by atoms with E-state index in [4.69, 9.17) is 16.3 Å². The summed E-state index contributed by atoms with van der Waals surface area (Å²) in [7, 11) is 0. The van der Waals surface area contributed by atoms with Gasteiger partial charge in [-0.25, -0.2) is 0 Å². The van der Waals surface area contributed by atoms with Crippen molar-refractivity contribution in [3.63, 3.8) is 0 Å². The number of benzene rings is 1. The number of nitrogens with one attached hydrogen (secondary N) is 1. The predicted octanol–water partition coefficient (Wildman–Crippen LogP) is 2.68. The van der Waals surface area contributed by atoms with Crippen LogP contribution in [0.1, 0.15) is 18.9 Å². The molecule has 0 aromatic heterocycles. The Morgan fingerprint density at radius 3 is 3.06 bits per heavy atom. The maximum Gasteiger partial charge on any atom is 0.0642 e. The second-order valence-electron chi connectivity index (χ2n) is 4.48. The zero-order valence-electron chi connectivity index (χ0n) is 10.9. The normalized spacial score (nSPS) is 16.7. The number of ether oxygens (including phenoxy) is 1. The van der Waals surface area contributed by atoms with Gasteiger partial charge in [0.1, 0.15) is 0 Å². The van der Waals surface area contributed by atoms with Gasteiger partial charge >= 0.3 is 0 Å². The van der Waals surface area contributed by atoms with E-state index < -0.39 is 0 Å². The Bertz CT molecular complexity index is 376. The van der Waals surface area contributed by atoms with Gasteiger partial charge in [-0.2, -0.15) is 0 Å². The van der Waals surface area contributed by atoms with E-state index in [1.807, 2.05) is 12.1 Å². The van der Waals surface area contributed by atoms with Crippen molar-refractivity contribution in [1.29, 1.82) is 0 Å². The van der Waals surface area contributed by atoms with E-state index >= 15 is 0 Å². The average molecular weight is 269 g/mol. The van der Waals surface area contributed by atoms with E-state index in [1.54, 1.807) is 0 Å². The first-order valence-electron chi connectivity index (χ1n) is 6.63. The summed E-state index contributed by atoms with van der Waals surface area (Å²) in [5.41, 5.74) is 2.44. The molecule has 3 nitrogen and oxygen atoms in total. The number of hydrogen-bond donors (Lipinski definition) is 1. The molecule has 1 saturated heterocycles. The first-order valence-corrected chi connectivity index (χ1v) is 7.01. The summed E-state index contributed by atoms with van der Waals surface area (Å²) >= 11 is 6.38. The lowest BCUT2D eigenvalue weighted by molar-refractivity contribution is 0.152. The molecule has 0 amide bonds. The summed E-state index contributed by atoms with van der Waals surface area (Å²) in [6.07, 6.45) is 1.06. The van der Waals surface area contributed by atoms with E-state index in [0.717, 1.165) is 50.8 Å². The van der Waals surface area contributed by atoms with Crippen LogP contribution in [0.2, 0.25) is 5.02 Å². The van der Waals surface area contributed by atoms with Crippen LogP contribution in [0, 0.1) is 0 Å². The van der Waals surface area contributed by atoms with Gasteiger partial charge in [-0.15, -0.1) is 0 Å². The lowest BCUT2D eigenvalue weighted by Gasteiger charge is -2.26. The Labute approximate surface area is 114 Å². The molecule has 100 valence electrons. The van der Waals surface area contributed by atoms with E-state index in [2.05, 4.69) is 23.2 Å². The molecule has 1 aromatic carbocycles. The first kappa shape index (κ1) is 13.7. The standard InChI is InChI=1S/C14H21ClN2O/c1-2-16-11-12-5-3-6-13(15)14(12)17-7-4-9-18-10-8-17/h3,5-6,16H,2,4,7-11H2,1H3. The third-order valence-electron chi connectivity index (χ3n) is 3.17. The summed E-state index contributed by atoms with van der Waals surface area (Å²) in [6.45, 7) is 7.52. The number of nitrogens with zero attached hydrogens (tertiary/aromatic N) is 1. The lowest BCUT2D eigenvalue weighted by atomic mass is 10.1. The first-order chi connectivity index (χ1) is 8.83. The van der Waals surface area contributed by atoms with E-state index in [1.165, 1.54) is 11.3 Å². The second kappa shape index (κ2) is 6.98. The minimum absolute atomic E-state index is 0.784. The average Bonchev–Trinajstić information content (AvgIpc) is 2.65. The summed E-state index contributed by atoms with van der Waals surface area (Å²) in [5.74, 6) is 0. The molecule has 1 aliphatic heterocycles. The van der Waals surface area contributed by atoms with Crippen LogP contribution >= 0.6 is 11.6 Å². The highest BCUT2D eigenvalue weighted by molar-refractivity contribution is 6.33. The Kier molecular flexibility index (Phi) is 5.29. The molecule has 2 rings (SSSR count). The minimum atomic E-state index is 0.784. The number of rotatable bonds is 4. The van der Waals surface area contributed by atoms with Crippen molar-refractivity contribution in [2.45, 2.75) is 19.9 Å². The van der Waals surface area contributed by atoms with Crippen molar-refractivity contribution >= 4 is 17.3 Å². The highest BCUT2D eigenvalue weighted by atomic mass is 35.5. The smallest absolute Gasteiger partial charge is 0.0642 e. The summed E-state index contributed by atoms with van der Waals surface area (Å²) in [5, 5.41) is 4.21. The van der Waals surface area contributed by atoms with E-state index in [0.29, 0.717) is 0 Å². The molecule has 0 aliphatic carbocycles. The van der Waals surface area contributed by atoms with Crippen LogP contribution in [0.3, 0.4) is 0 Å². The molecular weight excluding hydrogens is 248 g/mol. The van der Waals surface area contributed by atoms with Gasteiger partial charge in [-0.05, 0) is 24.6 Å². The van der Waals surface area contributed by atoms with Crippen LogP contribution < -0.4 is 10.2 Å². The van der Waals surface area contributed by atoms with Crippen molar-refractivity contribution in [2.24, 2.45) is 0 Å². The zero-order valence-corrected chi connectivity index (χ0v) is 11.7. The second-order valence-corrected chi connectivity index (χ2v) is 4.89. The number of hydrogen-bond acceptors (Lipinski definition) is 3. The third kappa shape index (κ3) is 3.37. The SMILES string of the molecule is CCNCc1cccc(Cl)c1N1CCCOCC1. The van der Waals surface area contributed by atoms with Crippen molar-refractivity contribution in [1.82, 2.24) is 5.32 Å². The van der Waals surface area contributed by atoms with Crippen LogP contribution in [0.4, 0.5) is 5.69 Å². The van der Waals surface area contributed by atoms with E-state index in [9.17, 15) is 0 Å². The molecule has 1 heterocycles. The number of para-hydroxylation sites is 1. The summed E-state index contributed by atoms with van der Waals surface area (Å²) in [4.78, 5) is 2.35. The summed E-state index contributed by atoms with van der Waals surface area (Å²) in [6, 6.07) is 6.14. The molecule has 0 saturated carbocycles. The highest BCUT2D eigenvalue weighted by Crippen LogP contribution is 2.30. The predicted molar refractivity (Wildman–Crippen MR) is 76.5 cm³/mol. The van der Waals surface area contributed by atoms with Gasteiger partial charge in [0.2, 0.25) is 0 Å². The highest BCUT2D eigenvalue weighted by Gasteiger charge is 2.16. The van der Waals surface area contributed by atoms with Gasteiger partial charge in [0.15, 0.2) is 0 Å². The molecule has 1 N–H and O–H groups in total. The molecule has 1 aliphatic rings. The van der Waals surface area contributed by atoms with Gasteiger partial charge in [0.25, 0.3) is 0 Å². The van der Waals surface area contributed by atoms with Crippen molar-refractivity contribution in [2.75, 3.05) is 37.7 Å². The van der Waals surface area contributed by atoms with Gasteiger partial charge in [-0.3, -0.25) is 0 Å². The Morgan fingerprint density at radius 2 is 2.22 bits per heavy atom. The molecule has 1 aromatic rings. The molecule has 0 radical (unpaired) electrons. The van der Waals surface area contributed by atoms with Gasteiger partial charge < -0.3 is 15.0 Å². The van der Waals surface area contributed by atoms with Crippen molar-refractivity contribution in [3.05, 3.63) is 28.8 Å². The Balaban J connectivity index is 2.22. The van der Waals surface area contributed by atoms with E-state index in [-0.39, 0.29) is 0 Å². The van der Waals surface area contributed by atoms with Gasteiger partial charge in [-0.1, -0.05) is 30.7 Å². The maximum atomic E-state index is 6.38. The molecular formula is C14H21ClN2O. The lowest BCUT2D eigenvalue weighted by Crippen LogP contribution is -2.28. The fraction of sp³-hybridized carbons (Fsp3) is 0.571. The Morgan fingerprint density at radius 1 is 1.33 bits per heavy atom. The van der Waals surface area contributed by atoms with Crippen LogP contribution in [-0.4, -0.2) is 32.8 Å². The van der Waals surface area contributed by atoms with Gasteiger partial charge in [0, 0.05) is 26.2 Å². The fourth-order valence-electron chi connectivity index (χ4n) is 2.29. The minimum Gasteiger partial charge on any atom is -0.380 e. The Hall–Kier alpha value is -0.770. The number of halogens is 1. The zero-order chi connectivity index (χ0) is 12.8. The van der Waals surface area contributed by atoms with Crippen molar-refractivity contribution in [3.8, 4) is 0 Å². The molecule has 0 spiro atoms. The van der Waals surface area contributed by atoms with Crippen LogP contribution in [0.25, 0.3) is 0 Å². The van der Waals surface area contributed by atoms with Crippen LogP contribution in [0.5, 0.6) is 0 Å². The van der Waals surface area contributed by atoms with Crippen LogP contribution in [-0.2, 0) is 11.3 Å². The number of anilines is 1. The van der Waals surface area contributed by atoms with Crippen LogP contribution in [0.15, 0.2) is 18.2 Å².